The van der Waals surface area contributed by atoms with Gasteiger partial charge >= 0.3 is 0 Å². The number of hydrogen-bond acceptors (Lipinski definition) is 1. The maximum absolute atomic E-state index is 6.95. The molecule has 0 saturated carbocycles. The van der Waals surface area contributed by atoms with Crippen molar-refractivity contribution in [2.24, 2.45) is 0 Å². The Morgan fingerprint density at radius 1 is 1.50 bits per heavy atom. The zero-order valence-electron chi connectivity index (χ0n) is 6.63. The monoisotopic (exact) mass is 157 g/mol. The molecule has 54 valence electrons. The molecule has 0 saturated heterocycles. The van der Waals surface area contributed by atoms with Crippen molar-refractivity contribution in [1.82, 2.24) is 4.42 Å². The molecule has 0 amide bonds. The Morgan fingerprint density at radius 2 is 2.20 bits per heavy atom. The zero-order chi connectivity index (χ0) is 8.10. The number of benzene rings is 1. The van der Waals surface area contributed by atoms with Gasteiger partial charge < -0.3 is 0 Å². The van der Waals surface area contributed by atoms with Gasteiger partial charge in [-0.3, -0.25) is 0 Å². The molecule has 0 unspecified atom stereocenters. The van der Waals surface area contributed by atoms with Crippen molar-refractivity contribution in [3.05, 3.63) is 35.9 Å². The minimum atomic E-state index is 0.121. The molecule has 10 heavy (non-hydrogen) atoms. The van der Waals surface area contributed by atoms with Crippen LogP contribution in [0.3, 0.4) is 0 Å². The van der Waals surface area contributed by atoms with E-state index in [0.717, 1.165) is 5.56 Å². The summed E-state index contributed by atoms with van der Waals surface area (Å²) >= 11 is 5.65. The predicted octanol–water partition coefficient (Wildman–Crippen LogP) is 2.27. The Hall–Kier alpha value is -0.530. The van der Waals surface area contributed by atoms with Crippen LogP contribution in [0.2, 0.25) is 0 Å². The maximum atomic E-state index is 6.95. The van der Waals surface area contributed by atoms with Gasteiger partial charge in [-0.25, -0.2) is 4.42 Å². The van der Waals surface area contributed by atoms with Crippen molar-refractivity contribution in [2.45, 2.75) is 6.54 Å². The van der Waals surface area contributed by atoms with Crippen LogP contribution in [0.4, 0.5) is 0 Å². The van der Waals surface area contributed by atoms with E-state index in [2.05, 4.69) is 0 Å². The molecule has 1 nitrogen and oxygen atoms in total. The van der Waals surface area contributed by atoms with E-state index in [1.165, 1.54) is 4.42 Å². The van der Waals surface area contributed by atoms with Crippen molar-refractivity contribution in [3.8, 4) is 0 Å². The van der Waals surface area contributed by atoms with E-state index in [4.69, 9.17) is 13.1 Å². The SMILES string of the molecule is [3H]CN(Cl)Cc1ccccc1. The first-order valence-electron chi connectivity index (χ1n) is 3.77. The summed E-state index contributed by atoms with van der Waals surface area (Å²) in [6.45, 7) is 0.631. The molecule has 0 fully saturated rings. The van der Waals surface area contributed by atoms with Gasteiger partial charge in [0.05, 0.1) is 0 Å². The lowest BCUT2D eigenvalue weighted by molar-refractivity contribution is 0.546. The van der Waals surface area contributed by atoms with Crippen LogP contribution in [0.5, 0.6) is 0 Å². The molecule has 0 aliphatic rings. The first kappa shape index (κ1) is 6.20. The summed E-state index contributed by atoms with van der Waals surface area (Å²) in [6, 6.07) is 9.87. The molecule has 1 aromatic carbocycles. The second-order valence-electron chi connectivity index (χ2n) is 2.11. The third kappa shape index (κ3) is 2.38. The maximum Gasteiger partial charge on any atom is 0.0408 e. The highest BCUT2D eigenvalue weighted by atomic mass is 35.5. The van der Waals surface area contributed by atoms with Crippen LogP contribution in [0.25, 0.3) is 0 Å². The fourth-order valence-corrected chi connectivity index (χ4v) is 0.920. The van der Waals surface area contributed by atoms with E-state index < -0.39 is 0 Å². The Labute approximate surface area is 67.7 Å². The molecular weight excluding hydrogens is 146 g/mol. The van der Waals surface area contributed by atoms with Gasteiger partial charge in [-0.05, 0) is 17.3 Å². The highest BCUT2D eigenvalue weighted by molar-refractivity contribution is 6.13. The normalized spacial score (nSPS) is 11.6. The van der Waals surface area contributed by atoms with E-state index in [1.807, 2.05) is 30.3 Å². The van der Waals surface area contributed by atoms with Gasteiger partial charge in [-0.15, -0.1) is 0 Å². The molecule has 0 aliphatic carbocycles. The summed E-state index contributed by atoms with van der Waals surface area (Å²) in [5.74, 6) is 0. The molecule has 1 rings (SSSR count). The van der Waals surface area contributed by atoms with Gasteiger partial charge in [0.15, 0.2) is 0 Å². The summed E-state index contributed by atoms with van der Waals surface area (Å²) in [6.07, 6.45) is 0. The molecule has 0 aliphatic heterocycles. The van der Waals surface area contributed by atoms with Crippen molar-refractivity contribution in [2.75, 3.05) is 7.02 Å². The van der Waals surface area contributed by atoms with Gasteiger partial charge in [0.2, 0.25) is 0 Å². The van der Waals surface area contributed by atoms with Crippen LogP contribution in [-0.4, -0.2) is 11.4 Å². The highest BCUT2D eigenvalue weighted by Gasteiger charge is 1.92. The Morgan fingerprint density at radius 3 is 2.80 bits per heavy atom. The Balaban J connectivity index is 2.51. The first-order chi connectivity index (χ1) is 5.33. The van der Waals surface area contributed by atoms with Gasteiger partial charge in [0.25, 0.3) is 0 Å². The van der Waals surface area contributed by atoms with Gasteiger partial charge in [-0.1, -0.05) is 30.3 Å². The van der Waals surface area contributed by atoms with Crippen molar-refractivity contribution in [1.29, 1.82) is 0 Å². The fraction of sp³-hybridized carbons (Fsp3) is 0.250. The number of hydrogen-bond donors (Lipinski definition) is 0. The van der Waals surface area contributed by atoms with E-state index in [9.17, 15) is 0 Å². The van der Waals surface area contributed by atoms with Crippen LogP contribution < -0.4 is 0 Å². The van der Waals surface area contributed by atoms with Crippen LogP contribution in [0, 0.1) is 0 Å². The van der Waals surface area contributed by atoms with E-state index >= 15 is 0 Å². The topological polar surface area (TPSA) is 3.24 Å². The number of nitrogens with zero attached hydrogens (tertiary/aromatic N) is 1. The van der Waals surface area contributed by atoms with E-state index in [1.54, 1.807) is 0 Å². The standard InChI is InChI=1S/C8H10ClN/c1-10(9)7-8-5-3-2-4-6-8/h2-6H,7H2,1H3/i1T. The van der Waals surface area contributed by atoms with E-state index in [0.29, 0.717) is 6.54 Å². The van der Waals surface area contributed by atoms with Gasteiger partial charge in [0, 0.05) is 14.9 Å². The minimum absolute atomic E-state index is 0.121. The molecule has 0 radical (unpaired) electrons. The second kappa shape index (κ2) is 3.59. The van der Waals surface area contributed by atoms with Crippen molar-refractivity contribution in [3.63, 3.8) is 0 Å². The quantitative estimate of drug-likeness (QED) is 0.596. The molecule has 0 N–H and O–H groups in total. The zero-order valence-corrected chi connectivity index (χ0v) is 6.38. The lowest BCUT2D eigenvalue weighted by Crippen LogP contribution is -2.03. The predicted molar refractivity (Wildman–Crippen MR) is 43.8 cm³/mol. The Kier molecular flexibility index (Phi) is 2.23. The molecule has 0 heterocycles. The van der Waals surface area contributed by atoms with Gasteiger partial charge in [0.1, 0.15) is 0 Å². The molecular formula is C8H10ClN. The highest BCUT2D eigenvalue weighted by Crippen LogP contribution is 2.02. The van der Waals surface area contributed by atoms with Crippen LogP contribution in [0.1, 0.15) is 6.93 Å². The number of rotatable bonds is 2. The molecule has 0 bridgehead atoms. The molecule has 0 aromatic heterocycles. The second-order valence-corrected chi connectivity index (χ2v) is 2.58. The fourth-order valence-electron chi connectivity index (χ4n) is 0.782. The smallest absolute Gasteiger partial charge is 0.0408 e. The lowest BCUT2D eigenvalue weighted by atomic mass is 10.2. The summed E-state index contributed by atoms with van der Waals surface area (Å²) < 4.78 is 8.38. The minimum Gasteiger partial charge on any atom is -0.219 e. The molecule has 0 atom stereocenters. The first-order valence-corrected chi connectivity index (χ1v) is 3.40. The van der Waals surface area contributed by atoms with Crippen LogP contribution in [0.15, 0.2) is 30.3 Å². The molecule has 1 aromatic rings. The summed E-state index contributed by atoms with van der Waals surface area (Å²) in [5.41, 5.74) is 1.13. The lowest BCUT2D eigenvalue weighted by Gasteiger charge is -2.04. The van der Waals surface area contributed by atoms with Crippen molar-refractivity contribution < 1.29 is 1.37 Å². The third-order valence-corrected chi connectivity index (χ3v) is 1.32. The number of halogens is 1. The molecule has 2 heteroatoms. The van der Waals surface area contributed by atoms with Gasteiger partial charge in [-0.2, -0.15) is 0 Å². The Bertz CT molecular complexity index is 203. The summed E-state index contributed by atoms with van der Waals surface area (Å²) in [4.78, 5) is 0. The third-order valence-electron chi connectivity index (χ3n) is 1.20. The average molecular weight is 158 g/mol. The summed E-state index contributed by atoms with van der Waals surface area (Å²) in [7, 11) is 0.121. The van der Waals surface area contributed by atoms with Crippen molar-refractivity contribution >= 4 is 11.8 Å². The van der Waals surface area contributed by atoms with Crippen LogP contribution >= 0.6 is 11.8 Å². The largest absolute Gasteiger partial charge is 0.219 e. The average Bonchev–Trinajstić information content (AvgIpc) is 2.06. The molecule has 0 spiro atoms. The summed E-state index contributed by atoms with van der Waals surface area (Å²) in [5, 5.41) is 0. The van der Waals surface area contributed by atoms with Crippen LogP contribution in [-0.2, 0) is 6.54 Å². The van der Waals surface area contributed by atoms with E-state index in [-0.39, 0.29) is 7.02 Å².